The number of benzene rings is 5. The van der Waals surface area contributed by atoms with Gasteiger partial charge in [0.15, 0.2) is 0 Å². The van der Waals surface area contributed by atoms with E-state index in [9.17, 15) is 38.9 Å². The predicted octanol–water partition coefficient (Wildman–Crippen LogP) is 7.14. The number of fused-ring (bicyclic) bond motifs is 1. The van der Waals surface area contributed by atoms with Crippen molar-refractivity contribution in [3.05, 3.63) is 131 Å². The molecule has 0 bridgehead atoms. The highest BCUT2D eigenvalue weighted by atomic mass is 32.2. The SMILES string of the molecule is Cc1cc(Cc2nc(Cc3ccc(N=Nc4ccccc4)cc3)nc(NCCS(=O)(=O)O)n2)ccc1N=Nc1cc(S(=O)(=O)O)c2cccc(S(=O)(=O)O)c2c1. The zero-order valence-corrected chi connectivity index (χ0v) is 31.7. The Bertz CT molecular complexity index is 2820. The molecule has 0 spiro atoms. The number of nitrogens with zero attached hydrogens (tertiary/aromatic N) is 7. The van der Waals surface area contributed by atoms with Crippen molar-refractivity contribution in [1.82, 2.24) is 15.0 Å². The van der Waals surface area contributed by atoms with Gasteiger partial charge in [0.25, 0.3) is 30.4 Å². The summed E-state index contributed by atoms with van der Waals surface area (Å²) in [5, 5.41) is 19.3. The van der Waals surface area contributed by atoms with Crippen LogP contribution in [0, 0.1) is 6.92 Å². The first-order valence-electron chi connectivity index (χ1n) is 16.5. The molecular weight excluding hydrogens is 785 g/mol. The van der Waals surface area contributed by atoms with Crippen LogP contribution in [0.25, 0.3) is 10.8 Å². The number of aromatic nitrogens is 3. The first-order valence-corrected chi connectivity index (χ1v) is 21.0. The van der Waals surface area contributed by atoms with Gasteiger partial charge >= 0.3 is 0 Å². The van der Waals surface area contributed by atoms with Crippen molar-refractivity contribution in [3.63, 3.8) is 0 Å². The Labute approximate surface area is 321 Å². The Morgan fingerprint density at radius 3 is 1.80 bits per heavy atom. The topological polar surface area (TPSA) is 263 Å². The summed E-state index contributed by atoms with van der Waals surface area (Å²) in [6.07, 6.45) is 0.525. The molecule has 1 aromatic heterocycles. The predicted molar refractivity (Wildman–Crippen MR) is 206 cm³/mol. The second-order valence-electron chi connectivity index (χ2n) is 12.3. The minimum absolute atomic E-state index is 0.109. The van der Waals surface area contributed by atoms with Crippen LogP contribution in [-0.4, -0.2) is 66.2 Å². The minimum Gasteiger partial charge on any atom is -0.353 e. The molecule has 4 N–H and O–H groups in total. The molecule has 0 unspecified atom stereocenters. The van der Waals surface area contributed by atoms with E-state index in [1.165, 1.54) is 18.2 Å². The molecule has 6 rings (SSSR count). The Kier molecular flexibility index (Phi) is 11.7. The fourth-order valence-electron chi connectivity index (χ4n) is 5.51. The zero-order chi connectivity index (χ0) is 40.1. The Morgan fingerprint density at radius 1 is 0.571 bits per heavy atom. The van der Waals surface area contributed by atoms with Crippen LogP contribution in [0.4, 0.5) is 28.7 Å². The van der Waals surface area contributed by atoms with Gasteiger partial charge in [-0.3, -0.25) is 13.7 Å². The molecule has 0 radical (unpaired) electrons. The maximum atomic E-state index is 12.2. The fourth-order valence-corrected chi connectivity index (χ4v) is 7.29. The number of azo groups is 2. The number of anilines is 1. The number of hydrogen-bond donors (Lipinski definition) is 4. The van der Waals surface area contributed by atoms with E-state index in [2.05, 4.69) is 40.7 Å². The van der Waals surface area contributed by atoms with E-state index in [0.717, 1.165) is 28.9 Å². The standard InChI is InChI=1S/C36H32N8O9S3/c1-23-18-25(12-15-31(23)44-43-28-21-30-29(33(22-28)56(51,52)53)8-5-9-32(30)55(48,49)50)20-35-38-34(39-36(40-35)37-16-17-54(45,46)47)19-24-10-13-27(14-11-24)42-41-26-6-3-2-4-7-26/h2-15,18,21-22H,16-17,19-20H2,1H3,(H,45,46,47)(H,48,49,50)(H,51,52,53)(H,37,38,39,40). The molecule has 0 saturated carbocycles. The van der Waals surface area contributed by atoms with E-state index in [1.807, 2.05) is 42.5 Å². The molecule has 17 nitrogen and oxygen atoms in total. The summed E-state index contributed by atoms with van der Waals surface area (Å²) in [7, 11) is -13.8. The molecule has 1 heterocycles. The van der Waals surface area contributed by atoms with Crippen molar-refractivity contribution in [2.24, 2.45) is 20.5 Å². The van der Waals surface area contributed by atoms with Crippen LogP contribution in [0.5, 0.6) is 0 Å². The van der Waals surface area contributed by atoms with Crippen LogP contribution in [0.2, 0.25) is 0 Å². The molecule has 0 saturated heterocycles. The largest absolute Gasteiger partial charge is 0.353 e. The van der Waals surface area contributed by atoms with Gasteiger partial charge in [-0.25, -0.2) is 4.98 Å². The van der Waals surface area contributed by atoms with E-state index >= 15 is 0 Å². The Balaban J connectivity index is 1.24. The molecule has 288 valence electrons. The molecular formula is C36H32N8O9S3. The molecule has 20 heteroatoms. The van der Waals surface area contributed by atoms with Gasteiger partial charge in [-0.15, -0.1) is 0 Å². The molecule has 0 aliphatic carbocycles. The number of aryl methyl sites for hydroxylation is 1. The lowest BCUT2D eigenvalue weighted by atomic mass is 10.1. The highest BCUT2D eigenvalue weighted by Gasteiger charge is 2.21. The Morgan fingerprint density at radius 2 is 1.18 bits per heavy atom. The van der Waals surface area contributed by atoms with Crippen LogP contribution in [0.15, 0.2) is 133 Å². The summed E-state index contributed by atoms with van der Waals surface area (Å²) in [6.45, 7) is 1.60. The molecule has 0 fully saturated rings. The first-order chi connectivity index (χ1) is 26.5. The van der Waals surface area contributed by atoms with Crippen molar-refractivity contribution in [3.8, 4) is 0 Å². The quantitative estimate of drug-likeness (QED) is 0.0630. The normalized spacial score (nSPS) is 12.5. The van der Waals surface area contributed by atoms with Gasteiger partial charge in [-0.05, 0) is 72.1 Å². The van der Waals surface area contributed by atoms with Gasteiger partial charge < -0.3 is 5.32 Å². The van der Waals surface area contributed by atoms with Gasteiger partial charge in [-0.1, -0.05) is 54.6 Å². The Hall–Kier alpha value is -5.90. The van der Waals surface area contributed by atoms with Crippen LogP contribution in [0.1, 0.15) is 28.3 Å². The van der Waals surface area contributed by atoms with Crippen LogP contribution >= 0.6 is 0 Å². The third-order valence-electron chi connectivity index (χ3n) is 8.06. The molecule has 56 heavy (non-hydrogen) atoms. The van der Waals surface area contributed by atoms with Crippen molar-refractivity contribution in [2.45, 2.75) is 29.6 Å². The summed E-state index contributed by atoms with van der Waals surface area (Å²) >= 11 is 0. The zero-order valence-electron chi connectivity index (χ0n) is 29.3. The summed E-state index contributed by atoms with van der Waals surface area (Å²) in [4.78, 5) is 12.4. The minimum atomic E-state index is -4.83. The number of rotatable bonds is 14. The summed E-state index contributed by atoms with van der Waals surface area (Å²) < 4.78 is 99.8. The lowest BCUT2D eigenvalue weighted by Gasteiger charge is -2.10. The highest BCUT2D eigenvalue weighted by Crippen LogP contribution is 2.34. The summed E-state index contributed by atoms with van der Waals surface area (Å²) in [5.74, 6) is 0.299. The van der Waals surface area contributed by atoms with Crippen molar-refractivity contribution in [1.29, 1.82) is 0 Å². The molecule has 6 aromatic rings. The van der Waals surface area contributed by atoms with Gasteiger partial charge in [-0.2, -0.15) is 55.7 Å². The molecule has 0 atom stereocenters. The highest BCUT2D eigenvalue weighted by molar-refractivity contribution is 7.86. The van der Waals surface area contributed by atoms with E-state index in [4.69, 9.17) is 0 Å². The van der Waals surface area contributed by atoms with Gasteiger partial charge in [0.2, 0.25) is 5.95 Å². The van der Waals surface area contributed by atoms with Crippen LogP contribution in [-0.2, 0) is 43.2 Å². The smallest absolute Gasteiger partial charge is 0.295 e. The lowest BCUT2D eigenvalue weighted by molar-refractivity contribution is 0.481. The molecule has 0 amide bonds. The van der Waals surface area contributed by atoms with Crippen LogP contribution in [0.3, 0.4) is 0 Å². The lowest BCUT2D eigenvalue weighted by Crippen LogP contribution is -2.17. The van der Waals surface area contributed by atoms with Gasteiger partial charge in [0.05, 0.1) is 28.5 Å². The third-order valence-corrected chi connectivity index (χ3v) is 10.6. The van der Waals surface area contributed by atoms with Crippen LogP contribution < -0.4 is 5.32 Å². The average Bonchev–Trinajstić information content (AvgIpc) is 3.13. The molecule has 0 aliphatic rings. The first kappa shape index (κ1) is 39.8. The van der Waals surface area contributed by atoms with Gasteiger partial charge in [0.1, 0.15) is 21.4 Å². The van der Waals surface area contributed by atoms with E-state index in [0.29, 0.717) is 35.0 Å². The van der Waals surface area contributed by atoms with Crippen molar-refractivity contribution in [2.75, 3.05) is 17.6 Å². The fraction of sp³-hybridized carbons (Fsp3) is 0.139. The van der Waals surface area contributed by atoms with E-state index in [1.54, 1.807) is 37.3 Å². The average molecular weight is 817 g/mol. The van der Waals surface area contributed by atoms with Gasteiger partial charge in [0, 0.05) is 30.2 Å². The third kappa shape index (κ3) is 10.6. The monoisotopic (exact) mass is 816 g/mol. The van der Waals surface area contributed by atoms with Crippen molar-refractivity contribution >= 4 is 69.8 Å². The van der Waals surface area contributed by atoms with E-state index < -0.39 is 45.9 Å². The van der Waals surface area contributed by atoms with E-state index in [-0.39, 0.29) is 35.4 Å². The summed E-state index contributed by atoms with van der Waals surface area (Å²) in [5.41, 5.74) is 3.89. The molecule has 5 aromatic carbocycles. The summed E-state index contributed by atoms with van der Waals surface area (Å²) in [6, 6.07) is 27.7. The second kappa shape index (κ2) is 16.5. The molecule has 0 aliphatic heterocycles. The number of hydrogen-bond acceptors (Lipinski definition) is 14. The van der Waals surface area contributed by atoms with Crippen molar-refractivity contribution < 1.29 is 38.9 Å². The second-order valence-corrected chi connectivity index (χ2v) is 16.7. The number of nitrogens with one attached hydrogen (secondary N) is 1. The maximum Gasteiger partial charge on any atom is 0.295 e. The maximum absolute atomic E-state index is 12.2.